The van der Waals surface area contributed by atoms with Crippen LogP contribution >= 0.6 is 0 Å². The summed E-state index contributed by atoms with van der Waals surface area (Å²) < 4.78 is 2.74. The molecule has 8 heteroatoms. The summed E-state index contributed by atoms with van der Waals surface area (Å²) >= 11 is 0. The largest absolute Gasteiger partial charge is 0.342 e. The summed E-state index contributed by atoms with van der Waals surface area (Å²) in [4.78, 5) is 29.1. The van der Waals surface area contributed by atoms with Gasteiger partial charge in [0, 0.05) is 12.7 Å². The van der Waals surface area contributed by atoms with Gasteiger partial charge in [-0.3, -0.25) is 9.89 Å². The maximum Gasteiger partial charge on any atom is 0.342 e. The Morgan fingerprint density at radius 2 is 2.04 bits per heavy atom. The predicted octanol–water partition coefficient (Wildman–Crippen LogP) is 1.95. The number of amides is 1. The van der Waals surface area contributed by atoms with Crippen molar-refractivity contribution in [3.63, 3.8) is 0 Å². The van der Waals surface area contributed by atoms with E-state index in [2.05, 4.69) is 20.5 Å². The Balaban J connectivity index is 2.01. The summed E-state index contributed by atoms with van der Waals surface area (Å²) in [5, 5.41) is 11.2. The molecule has 0 unspecified atom stereocenters. The molecule has 0 saturated heterocycles. The van der Waals surface area contributed by atoms with E-state index in [1.165, 1.54) is 15.6 Å². The van der Waals surface area contributed by atoms with E-state index in [4.69, 9.17) is 0 Å². The number of aryl methyl sites for hydroxylation is 1. The van der Waals surface area contributed by atoms with Crippen LogP contribution in [0.3, 0.4) is 0 Å². The Labute approximate surface area is 142 Å². The highest BCUT2D eigenvalue weighted by Gasteiger charge is 2.19. The Kier molecular flexibility index (Phi) is 3.38. The first-order valence-electron chi connectivity index (χ1n) is 7.94. The highest BCUT2D eigenvalue weighted by Crippen LogP contribution is 2.23. The van der Waals surface area contributed by atoms with Gasteiger partial charge in [-0.15, -0.1) is 5.10 Å². The molecule has 0 aliphatic carbocycles. The van der Waals surface area contributed by atoms with Crippen molar-refractivity contribution in [3.8, 4) is 5.69 Å². The minimum absolute atomic E-state index is 0.194. The molecule has 3 heterocycles. The molecule has 25 heavy (non-hydrogen) atoms. The van der Waals surface area contributed by atoms with Crippen molar-refractivity contribution in [2.45, 2.75) is 13.8 Å². The van der Waals surface area contributed by atoms with E-state index in [1.807, 2.05) is 37.3 Å². The van der Waals surface area contributed by atoms with E-state index in [-0.39, 0.29) is 11.6 Å². The normalized spacial score (nSPS) is 11.3. The molecule has 2 N–H and O–H groups in total. The van der Waals surface area contributed by atoms with Crippen molar-refractivity contribution in [2.75, 3.05) is 6.54 Å². The monoisotopic (exact) mass is 336 g/mol. The van der Waals surface area contributed by atoms with Gasteiger partial charge in [-0.2, -0.15) is 4.68 Å². The Hall–Kier alpha value is -3.42. The van der Waals surface area contributed by atoms with Gasteiger partial charge < -0.3 is 5.32 Å². The van der Waals surface area contributed by atoms with Gasteiger partial charge >= 0.3 is 6.03 Å². The van der Waals surface area contributed by atoms with Crippen LogP contribution in [0.1, 0.15) is 12.6 Å². The van der Waals surface area contributed by atoms with Crippen molar-refractivity contribution in [2.24, 2.45) is 0 Å². The smallest absolute Gasteiger partial charge is 0.336 e. The van der Waals surface area contributed by atoms with Crippen molar-refractivity contribution in [1.82, 2.24) is 29.9 Å². The fraction of sp³-hybridized carbons (Fsp3) is 0.176. The van der Waals surface area contributed by atoms with Crippen molar-refractivity contribution in [1.29, 1.82) is 0 Å². The second-order valence-corrected chi connectivity index (χ2v) is 5.67. The number of benzene rings is 1. The third kappa shape index (κ3) is 2.22. The van der Waals surface area contributed by atoms with Gasteiger partial charge in [0.2, 0.25) is 0 Å². The minimum Gasteiger partial charge on any atom is -0.336 e. The third-order valence-electron chi connectivity index (χ3n) is 4.12. The topological polar surface area (TPSA) is 97.6 Å². The molecule has 0 aliphatic rings. The van der Waals surface area contributed by atoms with Crippen LogP contribution in [0.4, 0.5) is 4.79 Å². The Morgan fingerprint density at radius 3 is 2.76 bits per heavy atom. The molecule has 1 aromatic carbocycles. The lowest BCUT2D eigenvalue weighted by Gasteiger charge is -2.02. The second kappa shape index (κ2) is 5.59. The van der Waals surface area contributed by atoms with Crippen LogP contribution in [-0.2, 0) is 0 Å². The van der Waals surface area contributed by atoms with E-state index in [0.29, 0.717) is 34.2 Å². The molecule has 4 aromatic rings. The SMILES string of the molecule is CCNC(=O)n1nc2ncc3c(=O)n(-c4ccccc4)[nH]c3c2c1C. The number of para-hydroxylation sites is 1. The number of aromatic nitrogens is 5. The highest BCUT2D eigenvalue weighted by atomic mass is 16.2. The van der Waals surface area contributed by atoms with E-state index >= 15 is 0 Å². The molecule has 0 atom stereocenters. The molecule has 8 nitrogen and oxygen atoms in total. The highest BCUT2D eigenvalue weighted by molar-refractivity contribution is 6.04. The van der Waals surface area contributed by atoms with E-state index in [1.54, 1.807) is 6.92 Å². The molecular weight excluding hydrogens is 320 g/mol. The zero-order valence-corrected chi connectivity index (χ0v) is 13.8. The fourth-order valence-corrected chi connectivity index (χ4v) is 2.94. The second-order valence-electron chi connectivity index (χ2n) is 5.67. The van der Waals surface area contributed by atoms with Gasteiger partial charge in [-0.05, 0) is 26.0 Å². The number of carbonyl (C=O) groups is 1. The average molecular weight is 336 g/mol. The van der Waals surface area contributed by atoms with E-state index in [0.717, 1.165) is 5.69 Å². The summed E-state index contributed by atoms with van der Waals surface area (Å²) in [7, 11) is 0. The van der Waals surface area contributed by atoms with Crippen molar-refractivity contribution < 1.29 is 4.79 Å². The summed E-state index contributed by atoms with van der Waals surface area (Å²) in [5.74, 6) is 0. The molecule has 0 spiro atoms. The summed E-state index contributed by atoms with van der Waals surface area (Å²) in [6.45, 7) is 4.12. The predicted molar refractivity (Wildman–Crippen MR) is 94.2 cm³/mol. The average Bonchev–Trinajstić information content (AvgIpc) is 3.14. The van der Waals surface area contributed by atoms with Crippen LogP contribution in [0.25, 0.3) is 27.6 Å². The van der Waals surface area contributed by atoms with Crippen LogP contribution in [0, 0.1) is 6.92 Å². The van der Waals surface area contributed by atoms with E-state index < -0.39 is 0 Å². The summed E-state index contributed by atoms with van der Waals surface area (Å²) in [6, 6.07) is 8.96. The number of fused-ring (bicyclic) bond motifs is 3. The Morgan fingerprint density at radius 1 is 1.28 bits per heavy atom. The lowest BCUT2D eigenvalue weighted by Crippen LogP contribution is -2.29. The standard InChI is InChI=1S/C17H16N6O2/c1-3-18-17(25)22-10(2)13-14-12(9-19-15(13)21-22)16(24)23(20-14)11-7-5-4-6-8-11/h4-9,20H,3H2,1-2H3,(H,18,25). The molecule has 1 amide bonds. The summed E-state index contributed by atoms with van der Waals surface area (Å²) in [5.41, 5.74) is 2.19. The van der Waals surface area contributed by atoms with Gasteiger partial charge in [-0.1, -0.05) is 18.2 Å². The quantitative estimate of drug-likeness (QED) is 0.584. The molecule has 0 saturated carbocycles. The van der Waals surface area contributed by atoms with E-state index in [9.17, 15) is 9.59 Å². The number of carbonyl (C=O) groups excluding carboxylic acids is 1. The van der Waals surface area contributed by atoms with Gasteiger partial charge in [0.05, 0.1) is 27.7 Å². The van der Waals surface area contributed by atoms with Crippen LogP contribution < -0.4 is 10.9 Å². The number of pyridine rings is 1. The number of hydrogen-bond acceptors (Lipinski definition) is 4. The molecule has 0 radical (unpaired) electrons. The maximum atomic E-state index is 12.7. The van der Waals surface area contributed by atoms with Crippen LogP contribution in [0.15, 0.2) is 41.3 Å². The molecule has 0 bridgehead atoms. The van der Waals surface area contributed by atoms with Crippen molar-refractivity contribution >= 4 is 28.0 Å². The van der Waals surface area contributed by atoms with Gasteiger partial charge in [0.15, 0.2) is 5.65 Å². The molecule has 126 valence electrons. The van der Waals surface area contributed by atoms with Crippen LogP contribution in [0.5, 0.6) is 0 Å². The molecule has 4 rings (SSSR count). The molecule has 0 aliphatic heterocycles. The maximum absolute atomic E-state index is 12.7. The van der Waals surface area contributed by atoms with Crippen LogP contribution in [0.2, 0.25) is 0 Å². The first-order valence-corrected chi connectivity index (χ1v) is 7.94. The summed E-state index contributed by atoms with van der Waals surface area (Å²) in [6.07, 6.45) is 1.49. The lowest BCUT2D eigenvalue weighted by molar-refractivity contribution is 0.240. The number of nitrogens with one attached hydrogen (secondary N) is 2. The van der Waals surface area contributed by atoms with Gasteiger partial charge in [-0.25, -0.2) is 14.5 Å². The number of hydrogen-bond donors (Lipinski definition) is 2. The fourth-order valence-electron chi connectivity index (χ4n) is 2.94. The lowest BCUT2D eigenvalue weighted by atomic mass is 10.2. The molecule has 0 fully saturated rings. The van der Waals surface area contributed by atoms with Crippen molar-refractivity contribution in [3.05, 3.63) is 52.6 Å². The number of aromatic amines is 1. The Bertz CT molecular complexity index is 1150. The third-order valence-corrected chi connectivity index (χ3v) is 4.12. The molecule has 3 aromatic heterocycles. The number of H-pyrrole nitrogens is 1. The first kappa shape index (κ1) is 15.1. The number of nitrogens with zero attached hydrogens (tertiary/aromatic N) is 4. The minimum atomic E-state index is -0.323. The number of rotatable bonds is 2. The first-order chi connectivity index (χ1) is 12.1. The zero-order valence-electron chi connectivity index (χ0n) is 13.8. The zero-order chi connectivity index (χ0) is 17.6. The van der Waals surface area contributed by atoms with Gasteiger partial charge in [0.1, 0.15) is 0 Å². The van der Waals surface area contributed by atoms with Gasteiger partial charge in [0.25, 0.3) is 5.56 Å². The molecular formula is C17H16N6O2. The van der Waals surface area contributed by atoms with Crippen LogP contribution in [-0.4, -0.2) is 37.1 Å².